The lowest BCUT2D eigenvalue weighted by Crippen LogP contribution is -2.33. The number of halogens is 1. The Morgan fingerprint density at radius 3 is 2.53 bits per heavy atom. The van der Waals surface area contributed by atoms with Crippen molar-refractivity contribution < 1.29 is 18.7 Å². The van der Waals surface area contributed by atoms with Crippen LogP contribution in [0.5, 0.6) is 5.75 Å². The molecule has 0 aliphatic carbocycles. The van der Waals surface area contributed by atoms with Crippen molar-refractivity contribution in [3.05, 3.63) is 81.4 Å². The first kappa shape index (κ1) is 21.2. The summed E-state index contributed by atoms with van der Waals surface area (Å²) in [5, 5.41) is 0. The van der Waals surface area contributed by atoms with Crippen LogP contribution in [0.2, 0.25) is 0 Å². The number of rotatable bonds is 5. The van der Waals surface area contributed by atoms with E-state index in [0.717, 1.165) is 4.57 Å². The van der Waals surface area contributed by atoms with E-state index < -0.39 is 29.6 Å². The average Bonchev–Trinajstić information content (AvgIpc) is 3.38. The van der Waals surface area contributed by atoms with E-state index in [4.69, 9.17) is 4.74 Å². The first-order valence-corrected chi connectivity index (χ1v) is 10.2. The molecule has 5 aromatic rings. The Kier molecular flexibility index (Phi) is 5.01. The molecule has 0 unspecified atom stereocenters. The number of aromatic amines is 1. The summed E-state index contributed by atoms with van der Waals surface area (Å²) in [7, 11) is 2.72. The van der Waals surface area contributed by atoms with Crippen molar-refractivity contribution in [3.8, 4) is 22.7 Å². The Balaban J connectivity index is 1.91. The smallest absolute Gasteiger partial charge is 0.330 e. The molecule has 0 atom stereocenters. The number of nitrogens with zero attached hydrogens (tertiary/aromatic N) is 4. The van der Waals surface area contributed by atoms with E-state index in [0.29, 0.717) is 22.7 Å². The Morgan fingerprint density at radius 2 is 1.82 bits per heavy atom. The number of benzene rings is 2. The van der Waals surface area contributed by atoms with Crippen molar-refractivity contribution in [1.82, 2.24) is 23.5 Å². The zero-order valence-corrected chi connectivity index (χ0v) is 18.1. The van der Waals surface area contributed by atoms with Gasteiger partial charge < -0.3 is 9.47 Å². The molecule has 11 heteroatoms. The zero-order valence-electron chi connectivity index (χ0n) is 18.1. The molecule has 0 aliphatic rings. The molecule has 0 fully saturated rings. The molecule has 0 bridgehead atoms. The SMILES string of the molecule is COC(=O)Cn1c(=O)[nH]c(=O)c2c1nc1n(-c3ccccc3OC)c(-c3ccc(F)cc3)cn21. The molecule has 0 aliphatic heterocycles. The van der Waals surface area contributed by atoms with Gasteiger partial charge in [0.15, 0.2) is 11.2 Å². The fourth-order valence-electron chi connectivity index (χ4n) is 3.91. The third kappa shape index (κ3) is 3.25. The maximum Gasteiger partial charge on any atom is 0.330 e. The van der Waals surface area contributed by atoms with Crippen LogP contribution in [0.4, 0.5) is 4.39 Å². The standard InChI is InChI=1S/C23H18FN5O5/c1-33-17-6-4-3-5-15(17)29-16(13-7-9-14(24)10-8-13)11-27-19-20(25-22(27)29)28(12-18(30)34-2)23(32)26-21(19)31/h3-11H,12H2,1-2H3,(H,26,31,32). The molecule has 0 saturated heterocycles. The third-order valence-electron chi connectivity index (χ3n) is 5.48. The van der Waals surface area contributed by atoms with E-state index in [2.05, 4.69) is 14.7 Å². The molecule has 2 aromatic carbocycles. The molecule has 0 spiro atoms. The molecule has 10 nitrogen and oxygen atoms in total. The number of fused-ring (bicyclic) bond motifs is 3. The molecular formula is C23H18FN5O5. The summed E-state index contributed by atoms with van der Waals surface area (Å²) in [6, 6.07) is 13.1. The number of imidazole rings is 2. The lowest BCUT2D eigenvalue weighted by molar-refractivity contribution is -0.141. The summed E-state index contributed by atoms with van der Waals surface area (Å²) in [6.45, 7) is -0.428. The van der Waals surface area contributed by atoms with Gasteiger partial charge in [-0.25, -0.2) is 9.18 Å². The number of carbonyl (C=O) groups is 1. The summed E-state index contributed by atoms with van der Waals surface area (Å²) < 4.78 is 28.1. The minimum absolute atomic E-state index is 0.0171. The van der Waals surface area contributed by atoms with Gasteiger partial charge in [0.1, 0.15) is 18.1 Å². The average molecular weight is 463 g/mol. The van der Waals surface area contributed by atoms with Crippen LogP contribution in [0.15, 0.2) is 64.3 Å². The number of H-pyrrole nitrogens is 1. The van der Waals surface area contributed by atoms with Gasteiger partial charge in [-0.3, -0.25) is 28.1 Å². The number of hydrogen-bond donors (Lipinski definition) is 1. The lowest BCUT2D eigenvalue weighted by atomic mass is 10.1. The van der Waals surface area contributed by atoms with Crippen LogP contribution in [-0.4, -0.2) is 43.7 Å². The second-order valence-electron chi connectivity index (χ2n) is 7.40. The van der Waals surface area contributed by atoms with Crippen LogP contribution in [-0.2, 0) is 16.1 Å². The summed E-state index contributed by atoms with van der Waals surface area (Å²) in [5.41, 5.74) is 0.485. The molecule has 0 saturated carbocycles. The minimum Gasteiger partial charge on any atom is -0.495 e. The van der Waals surface area contributed by atoms with Gasteiger partial charge in [0.2, 0.25) is 5.78 Å². The van der Waals surface area contributed by atoms with Gasteiger partial charge >= 0.3 is 11.7 Å². The quantitative estimate of drug-likeness (QED) is 0.400. The summed E-state index contributed by atoms with van der Waals surface area (Å²) in [5.74, 6) is -0.254. The van der Waals surface area contributed by atoms with E-state index in [1.54, 1.807) is 41.1 Å². The highest BCUT2D eigenvalue weighted by molar-refractivity contribution is 5.81. The van der Waals surface area contributed by atoms with Crippen LogP contribution >= 0.6 is 0 Å². The van der Waals surface area contributed by atoms with Gasteiger partial charge in [0.25, 0.3) is 5.56 Å². The van der Waals surface area contributed by atoms with Crippen molar-refractivity contribution in [2.45, 2.75) is 6.54 Å². The Bertz CT molecular complexity index is 1680. The molecule has 34 heavy (non-hydrogen) atoms. The van der Waals surface area contributed by atoms with Crippen LogP contribution in [0.1, 0.15) is 0 Å². The molecule has 172 valence electrons. The predicted octanol–water partition coefficient (Wildman–Crippen LogP) is 2.12. The summed E-state index contributed by atoms with van der Waals surface area (Å²) in [4.78, 5) is 44.0. The largest absolute Gasteiger partial charge is 0.495 e. The first-order valence-electron chi connectivity index (χ1n) is 10.2. The highest BCUT2D eigenvalue weighted by Gasteiger charge is 2.23. The van der Waals surface area contributed by atoms with Crippen molar-refractivity contribution in [3.63, 3.8) is 0 Å². The van der Waals surface area contributed by atoms with Gasteiger partial charge in [-0.2, -0.15) is 4.98 Å². The Labute approximate surface area is 190 Å². The fourth-order valence-corrected chi connectivity index (χ4v) is 3.91. The van der Waals surface area contributed by atoms with Gasteiger partial charge in [-0.15, -0.1) is 0 Å². The highest BCUT2D eigenvalue weighted by Crippen LogP contribution is 2.33. The lowest BCUT2D eigenvalue weighted by Gasteiger charge is -2.13. The number of nitrogens with one attached hydrogen (secondary N) is 1. The van der Waals surface area contributed by atoms with Crippen molar-refractivity contribution in [2.75, 3.05) is 14.2 Å². The Morgan fingerprint density at radius 1 is 1.09 bits per heavy atom. The predicted molar refractivity (Wildman–Crippen MR) is 121 cm³/mol. The molecule has 0 radical (unpaired) electrons. The van der Waals surface area contributed by atoms with Gasteiger partial charge in [-0.1, -0.05) is 12.1 Å². The van der Waals surface area contributed by atoms with Crippen molar-refractivity contribution in [2.24, 2.45) is 0 Å². The van der Waals surface area contributed by atoms with E-state index in [-0.39, 0.29) is 16.9 Å². The van der Waals surface area contributed by atoms with Gasteiger partial charge in [0, 0.05) is 11.8 Å². The number of para-hydroxylation sites is 2. The first-order chi connectivity index (χ1) is 16.4. The fraction of sp³-hybridized carbons (Fsp3) is 0.130. The van der Waals surface area contributed by atoms with Crippen LogP contribution in [0.3, 0.4) is 0 Å². The van der Waals surface area contributed by atoms with E-state index in [9.17, 15) is 18.8 Å². The molecule has 3 aromatic heterocycles. The van der Waals surface area contributed by atoms with Crippen LogP contribution < -0.4 is 16.0 Å². The minimum atomic E-state index is -0.786. The topological polar surface area (TPSA) is 113 Å². The maximum atomic E-state index is 13.6. The number of aromatic nitrogens is 5. The van der Waals surface area contributed by atoms with Crippen molar-refractivity contribution in [1.29, 1.82) is 0 Å². The Hall–Kier alpha value is -4.67. The van der Waals surface area contributed by atoms with E-state index >= 15 is 0 Å². The number of carbonyl (C=O) groups excluding carboxylic acids is 1. The number of ether oxygens (including phenoxy) is 2. The van der Waals surface area contributed by atoms with Gasteiger partial charge in [0.05, 0.1) is 25.6 Å². The summed E-state index contributed by atoms with van der Waals surface area (Å²) in [6.07, 6.45) is 1.66. The number of hydrogen-bond acceptors (Lipinski definition) is 6. The molecule has 3 heterocycles. The maximum absolute atomic E-state index is 13.6. The number of esters is 1. The molecule has 0 amide bonds. The van der Waals surface area contributed by atoms with E-state index in [1.165, 1.54) is 30.8 Å². The zero-order chi connectivity index (χ0) is 24.0. The molecule has 5 rings (SSSR count). The van der Waals surface area contributed by atoms with Crippen molar-refractivity contribution >= 4 is 22.9 Å². The van der Waals surface area contributed by atoms with Crippen LogP contribution in [0, 0.1) is 5.82 Å². The van der Waals surface area contributed by atoms with E-state index in [1.807, 2.05) is 6.07 Å². The molecular weight excluding hydrogens is 445 g/mol. The third-order valence-corrected chi connectivity index (χ3v) is 5.48. The summed E-state index contributed by atoms with van der Waals surface area (Å²) >= 11 is 0. The number of methoxy groups -OCH3 is 2. The molecule has 1 N–H and O–H groups in total. The highest BCUT2D eigenvalue weighted by atomic mass is 19.1. The monoisotopic (exact) mass is 463 g/mol. The van der Waals surface area contributed by atoms with Gasteiger partial charge in [-0.05, 0) is 36.4 Å². The normalized spacial score (nSPS) is 11.3. The van der Waals surface area contributed by atoms with Crippen LogP contribution in [0.25, 0.3) is 33.9 Å². The second-order valence-corrected chi connectivity index (χ2v) is 7.40. The second kappa shape index (κ2) is 8.03.